The maximum Gasteiger partial charge on any atom is 0.132 e. The van der Waals surface area contributed by atoms with Crippen LogP contribution in [-0.2, 0) is 6.42 Å². The predicted octanol–water partition coefficient (Wildman–Crippen LogP) is 5.00. The molecule has 0 bridgehead atoms. The van der Waals surface area contributed by atoms with Gasteiger partial charge in [-0.3, -0.25) is 4.98 Å². The fraction of sp³-hybridized carbons (Fsp3) is 0.208. The summed E-state index contributed by atoms with van der Waals surface area (Å²) in [6.07, 6.45) is 7.87. The molecular formula is C24H24N4. The van der Waals surface area contributed by atoms with E-state index in [0.29, 0.717) is 23.9 Å². The second kappa shape index (κ2) is 8.17. The molecule has 1 aromatic heterocycles. The normalized spacial score (nSPS) is 14.5. The number of aliphatic imine (C=N–C) groups is 1. The van der Waals surface area contributed by atoms with Gasteiger partial charge >= 0.3 is 0 Å². The molecule has 0 saturated heterocycles. The number of benzene rings is 2. The molecule has 1 heterocycles. The Morgan fingerprint density at radius 1 is 1.00 bits per heavy atom. The van der Waals surface area contributed by atoms with Crippen molar-refractivity contribution in [2.45, 2.75) is 31.6 Å². The van der Waals surface area contributed by atoms with Gasteiger partial charge in [0.2, 0.25) is 0 Å². The number of nitrogens with one attached hydrogen (secondary N) is 1. The third-order valence-electron chi connectivity index (χ3n) is 5.35. The molecule has 0 atom stereocenters. The summed E-state index contributed by atoms with van der Waals surface area (Å²) in [5.41, 5.74) is 11.8. The number of nitrogens with two attached hydrogens (primary N) is 1. The minimum Gasteiger partial charge on any atom is -0.383 e. The smallest absolute Gasteiger partial charge is 0.132 e. The Bertz CT molecular complexity index is 1000. The van der Waals surface area contributed by atoms with Gasteiger partial charge < -0.3 is 11.1 Å². The zero-order valence-corrected chi connectivity index (χ0v) is 15.8. The van der Waals surface area contributed by atoms with Crippen LogP contribution in [0, 0.1) is 5.41 Å². The zero-order chi connectivity index (χ0) is 19.3. The molecule has 1 aliphatic rings. The lowest BCUT2D eigenvalue weighted by Crippen LogP contribution is -2.18. The maximum atomic E-state index is 8.57. The first kappa shape index (κ1) is 18.1. The van der Waals surface area contributed by atoms with E-state index in [-0.39, 0.29) is 0 Å². The highest BCUT2D eigenvalue weighted by atomic mass is 14.9. The Morgan fingerprint density at radius 2 is 1.75 bits per heavy atom. The monoisotopic (exact) mass is 368 g/mol. The van der Waals surface area contributed by atoms with Gasteiger partial charge in [-0.1, -0.05) is 42.8 Å². The van der Waals surface area contributed by atoms with E-state index < -0.39 is 0 Å². The van der Waals surface area contributed by atoms with Crippen LogP contribution in [0.25, 0.3) is 0 Å². The minimum absolute atomic E-state index is 0.445. The van der Waals surface area contributed by atoms with Crippen molar-refractivity contribution >= 4 is 17.2 Å². The first-order valence-electron chi connectivity index (χ1n) is 9.71. The van der Waals surface area contributed by atoms with E-state index in [9.17, 15) is 0 Å². The van der Waals surface area contributed by atoms with E-state index in [4.69, 9.17) is 11.1 Å². The molecule has 4 nitrogen and oxygen atoms in total. The standard InChI is InChI=1S/C24H24N4/c25-23(15-17-11-13-27-14-12-17)21-9-1-2-10-22(21)24(26)28-20-8-4-7-19(16-20)18-5-3-6-18/h1-2,4,7-14,16,18,25H,3,5-6,15H2,(H2,26,28). The van der Waals surface area contributed by atoms with Crippen molar-refractivity contribution in [3.05, 3.63) is 95.3 Å². The maximum absolute atomic E-state index is 8.57. The van der Waals surface area contributed by atoms with Crippen LogP contribution in [0.5, 0.6) is 0 Å². The highest BCUT2D eigenvalue weighted by molar-refractivity contribution is 6.11. The topological polar surface area (TPSA) is 75.1 Å². The highest BCUT2D eigenvalue weighted by Gasteiger charge is 2.19. The molecular weight excluding hydrogens is 344 g/mol. The molecule has 3 N–H and O–H groups in total. The molecule has 28 heavy (non-hydrogen) atoms. The largest absolute Gasteiger partial charge is 0.383 e. The van der Waals surface area contributed by atoms with E-state index in [1.54, 1.807) is 12.4 Å². The SMILES string of the molecule is N=C(Cc1ccncc1)c1ccccc1C(N)=Nc1cccc(C2CCC2)c1. The average molecular weight is 368 g/mol. The summed E-state index contributed by atoms with van der Waals surface area (Å²) in [6.45, 7) is 0. The quantitative estimate of drug-likeness (QED) is 0.475. The molecule has 3 aromatic rings. The number of amidine groups is 1. The van der Waals surface area contributed by atoms with Gasteiger partial charge in [-0.05, 0) is 54.2 Å². The number of hydrogen-bond donors (Lipinski definition) is 2. The van der Waals surface area contributed by atoms with Crippen molar-refractivity contribution in [3.8, 4) is 0 Å². The van der Waals surface area contributed by atoms with Crippen LogP contribution in [0.15, 0.2) is 78.0 Å². The summed E-state index contributed by atoms with van der Waals surface area (Å²) in [4.78, 5) is 8.71. The van der Waals surface area contributed by atoms with E-state index in [2.05, 4.69) is 28.2 Å². The van der Waals surface area contributed by atoms with Crippen molar-refractivity contribution in [1.29, 1.82) is 5.41 Å². The van der Waals surface area contributed by atoms with Gasteiger partial charge in [-0.2, -0.15) is 0 Å². The van der Waals surface area contributed by atoms with Crippen LogP contribution in [-0.4, -0.2) is 16.5 Å². The summed E-state index contributed by atoms with van der Waals surface area (Å²) < 4.78 is 0. The van der Waals surface area contributed by atoms with E-state index in [1.807, 2.05) is 42.5 Å². The molecule has 0 spiro atoms. The molecule has 0 amide bonds. The van der Waals surface area contributed by atoms with Gasteiger partial charge in [-0.15, -0.1) is 0 Å². The van der Waals surface area contributed by atoms with Crippen molar-refractivity contribution < 1.29 is 0 Å². The Kier molecular flexibility index (Phi) is 5.29. The van der Waals surface area contributed by atoms with Crippen molar-refractivity contribution in [2.75, 3.05) is 0 Å². The Morgan fingerprint density at radius 3 is 2.46 bits per heavy atom. The van der Waals surface area contributed by atoms with Crippen molar-refractivity contribution in [1.82, 2.24) is 4.98 Å². The fourth-order valence-corrected chi connectivity index (χ4v) is 3.56. The lowest BCUT2D eigenvalue weighted by molar-refractivity contribution is 0.420. The van der Waals surface area contributed by atoms with Gasteiger partial charge in [-0.25, -0.2) is 4.99 Å². The van der Waals surface area contributed by atoms with Crippen LogP contribution in [0.1, 0.15) is 47.4 Å². The first-order chi connectivity index (χ1) is 13.7. The number of rotatable bonds is 6. The van der Waals surface area contributed by atoms with Crippen LogP contribution >= 0.6 is 0 Å². The molecule has 1 aliphatic carbocycles. The van der Waals surface area contributed by atoms with E-state index >= 15 is 0 Å². The van der Waals surface area contributed by atoms with E-state index in [0.717, 1.165) is 22.4 Å². The molecule has 0 unspecified atom stereocenters. The van der Waals surface area contributed by atoms with Gasteiger partial charge in [0.1, 0.15) is 5.84 Å². The first-order valence-corrected chi connectivity index (χ1v) is 9.71. The lowest BCUT2D eigenvalue weighted by atomic mass is 9.80. The van der Waals surface area contributed by atoms with Crippen LogP contribution in [0.2, 0.25) is 0 Å². The van der Waals surface area contributed by atoms with E-state index in [1.165, 1.54) is 24.8 Å². The van der Waals surface area contributed by atoms with Gasteiger partial charge in [0.05, 0.1) is 5.69 Å². The van der Waals surface area contributed by atoms with Gasteiger partial charge in [0, 0.05) is 35.7 Å². The average Bonchev–Trinajstić information content (AvgIpc) is 2.68. The molecule has 0 aliphatic heterocycles. The zero-order valence-electron chi connectivity index (χ0n) is 15.8. The molecule has 1 saturated carbocycles. The summed E-state index contributed by atoms with van der Waals surface area (Å²) in [6, 6.07) is 20.0. The third kappa shape index (κ3) is 4.01. The fourth-order valence-electron chi connectivity index (χ4n) is 3.56. The molecule has 2 aromatic carbocycles. The van der Waals surface area contributed by atoms with Gasteiger partial charge in [0.25, 0.3) is 0 Å². The molecule has 4 rings (SSSR count). The second-order valence-corrected chi connectivity index (χ2v) is 7.28. The predicted molar refractivity (Wildman–Crippen MR) is 115 cm³/mol. The Labute approximate surface area is 165 Å². The minimum atomic E-state index is 0.445. The summed E-state index contributed by atoms with van der Waals surface area (Å²) in [5.74, 6) is 1.11. The highest BCUT2D eigenvalue weighted by Crippen LogP contribution is 2.37. The lowest BCUT2D eigenvalue weighted by Gasteiger charge is -2.25. The molecule has 4 heteroatoms. The third-order valence-corrected chi connectivity index (χ3v) is 5.35. The van der Waals surface area contributed by atoms with Crippen molar-refractivity contribution in [2.24, 2.45) is 10.7 Å². The Hall–Kier alpha value is -3.27. The molecule has 140 valence electrons. The van der Waals surface area contributed by atoms with Crippen LogP contribution in [0.3, 0.4) is 0 Å². The van der Waals surface area contributed by atoms with Gasteiger partial charge in [0.15, 0.2) is 0 Å². The van der Waals surface area contributed by atoms with Crippen LogP contribution in [0.4, 0.5) is 5.69 Å². The van der Waals surface area contributed by atoms with Crippen molar-refractivity contribution in [3.63, 3.8) is 0 Å². The number of hydrogen-bond acceptors (Lipinski definition) is 3. The van der Waals surface area contributed by atoms with Crippen LogP contribution < -0.4 is 5.73 Å². The second-order valence-electron chi connectivity index (χ2n) is 7.28. The summed E-state index contributed by atoms with van der Waals surface area (Å²) in [5, 5.41) is 8.57. The number of aromatic nitrogens is 1. The summed E-state index contributed by atoms with van der Waals surface area (Å²) >= 11 is 0. The number of pyridine rings is 1. The number of nitrogens with zero attached hydrogens (tertiary/aromatic N) is 2. The Balaban J connectivity index is 1.60. The summed E-state index contributed by atoms with van der Waals surface area (Å²) in [7, 11) is 0. The molecule has 1 fully saturated rings. The molecule has 0 radical (unpaired) electrons.